The van der Waals surface area contributed by atoms with Crippen LogP contribution in [0, 0.1) is 17.4 Å². The molecule has 0 unspecified atom stereocenters. The van der Waals surface area contributed by atoms with Crippen molar-refractivity contribution < 1.29 is 4.79 Å². The number of rotatable bonds is 1. The molecule has 4 heteroatoms. The van der Waals surface area contributed by atoms with Crippen molar-refractivity contribution in [2.24, 2.45) is 5.92 Å². The van der Waals surface area contributed by atoms with Gasteiger partial charge in [-0.2, -0.15) is 5.26 Å². The van der Waals surface area contributed by atoms with Crippen molar-refractivity contribution in [3.63, 3.8) is 0 Å². The predicted molar refractivity (Wildman–Crippen MR) is 64.8 cm³/mol. The highest BCUT2D eigenvalue weighted by atomic mass is 16.1. The Bertz CT molecular complexity index is 381. The van der Waals surface area contributed by atoms with Crippen molar-refractivity contribution in [1.82, 2.24) is 9.80 Å². The molecule has 2 fully saturated rings. The highest BCUT2D eigenvalue weighted by Gasteiger charge is 2.38. The third kappa shape index (κ3) is 2.44. The lowest BCUT2D eigenvalue weighted by Gasteiger charge is -2.41. The highest BCUT2D eigenvalue weighted by Crippen LogP contribution is 2.35. The van der Waals surface area contributed by atoms with Crippen molar-refractivity contribution in [1.29, 1.82) is 5.26 Å². The molecule has 4 nitrogen and oxygen atoms in total. The van der Waals surface area contributed by atoms with E-state index in [0.29, 0.717) is 12.3 Å². The summed E-state index contributed by atoms with van der Waals surface area (Å²) in [4.78, 5) is 15.8. The number of carbonyl (C=O) groups is 1. The van der Waals surface area contributed by atoms with Gasteiger partial charge in [-0.3, -0.25) is 4.79 Å². The molecule has 1 heterocycles. The zero-order chi connectivity index (χ0) is 12.4. The molecule has 2 rings (SSSR count). The van der Waals surface area contributed by atoms with E-state index < -0.39 is 0 Å². The number of nitriles is 1. The number of piperidine rings is 1. The van der Waals surface area contributed by atoms with Gasteiger partial charge in [-0.1, -0.05) is 0 Å². The number of carbonyl (C=O) groups excluding carboxylic acids is 1. The van der Waals surface area contributed by atoms with Crippen LogP contribution in [0.4, 0.5) is 0 Å². The molecule has 17 heavy (non-hydrogen) atoms. The molecule has 0 radical (unpaired) electrons. The predicted octanol–water partition coefficient (Wildman–Crippen LogP) is 1.36. The van der Waals surface area contributed by atoms with Gasteiger partial charge in [0.25, 0.3) is 0 Å². The summed E-state index contributed by atoms with van der Waals surface area (Å²) in [5, 5.41) is 9.13. The van der Waals surface area contributed by atoms with Crippen molar-refractivity contribution >= 4 is 5.78 Å². The van der Waals surface area contributed by atoms with E-state index in [9.17, 15) is 4.79 Å². The van der Waals surface area contributed by atoms with E-state index in [1.165, 1.54) is 0 Å². The molecule has 0 aromatic carbocycles. The lowest BCUT2D eigenvalue weighted by Crippen LogP contribution is -2.46. The van der Waals surface area contributed by atoms with Crippen LogP contribution in [0.15, 0.2) is 11.8 Å². The van der Waals surface area contributed by atoms with Crippen LogP contribution < -0.4 is 0 Å². The smallest absolute Gasteiger partial charge is 0.179 e. The summed E-state index contributed by atoms with van der Waals surface area (Å²) in [5.74, 6) is 0.648. The molecule has 1 aliphatic carbocycles. The Labute approximate surface area is 102 Å². The van der Waals surface area contributed by atoms with Gasteiger partial charge in [0.05, 0.1) is 0 Å². The Morgan fingerprint density at radius 1 is 1.47 bits per heavy atom. The Morgan fingerprint density at radius 3 is 2.88 bits per heavy atom. The molecular formula is C13H19N3O. The number of hydrogen-bond acceptors (Lipinski definition) is 4. The largest absolute Gasteiger partial charge is 0.383 e. The normalized spacial score (nSPS) is 31.0. The minimum absolute atomic E-state index is 0.248. The molecule has 0 amide bonds. The molecule has 2 atom stereocenters. The minimum atomic E-state index is 0.248. The van der Waals surface area contributed by atoms with E-state index >= 15 is 0 Å². The van der Waals surface area contributed by atoms with Crippen molar-refractivity contribution in [2.75, 3.05) is 20.6 Å². The van der Waals surface area contributed by atoms with E-state index in [1.807, 2.05) is 30.1 Å². The lowest BCUT2D eigenvalue weighted by molar-refractivity contribution is -0.119. The summed E-state index contributed by atoms with van der Waals surface area (Å²) in [6.07, 6.45) is 7.65. The minimum Gasteiger partial charge on any atom is -0.383 e. The van der Waals surface area contributed by atoms with Gasteiger partial charge in [0, 0.05) is 44.9 Å². The van der Waals surface area contributed by atoms with Gasteiger partial charge >= 0.3 is 0 Å². The molecule has 0 aromatic heterocycles. The van der Waals surface area contributed by atoms with Gasteiger partial charge in [-0.25, -0.2) is 0 Å². The third-order valence-electron chi connectivity index (χ3n) is 3.70. The molecule has 1 aliphatic heterocycles. The molecule has 0 aromatic rings. The van der Waals surface area contributed by atoms with E-state index in [4.69, 9.17) is 5.26 Å². The van der Waals surface area contributed by atoms with Crippen LogP contribution >= 0.6 is 0 Å². The molecule has 0 N–H and O–H groups in total. The van der Waals surface area contributed by atoms with Crippen LogP contribution in [-0.4, -0.2) is 42.3 Å². The van der Waals surface area contributed by atoms with E-state index in [2.05, 4.69) is 6.19 Å². The second-order valence-electron chi connectivity index (χ2n) is 5.21. The fourth-order valence-corrected chi connectivity index (χ4v) is 2.92. The summed E-state index contributed by atoms with van der Waals surface area (Å²) in [6.45, 7) is 0.848. The van der Waals surface area contributed by atoms with Gasteiger partial charge in [0.1, 0.15) is 0 Å². The topological polar surface area (TPSA) is 47.3 Å². The number of Topliss-reactive ketones (excluding diaryl/α,β-unsaturated/α-hetero) is 1. The number of hydrogen-bond donors (Lipinski definition) is 0. The zero-order valence-electron chi connectivity index (χ0n) is 10.5. The van der Waals surface area contributed by atoms with Gasteiger partial charge in [-0.15, -0.1) is 0 Å². The maximum Gasteiger partial charge on any atom is 0.179 e. The van der Waals surface area contributed by atoms with Crippen LogP contribution in [0.25, 0.3) is 0 Å². The summed E-state index contributed by atoms with van der Waals surface area (Å²) >= 11 is 0. The molecule has 1 saturated heterocycles. The Hall–Kier alpha value is -1.50. The van der Waals surface area contributed by atoms with Crippen molar-refractivity contribution in [3.05, 3.63) is 11.8 Å². The van der Waals surface area contributed by atoms with Crippen LogP contribution in [0.2, 0.25) is 0 Å². The molecule has 1 saturated carbocycles. The standard InChI is InChI=1S/C13H19N3O/c1-15(2)8-11-6-12-10(7-13(11)17)4-3-5-16(12)9-14/h8,10,12H,3-7H2,1-2H3/t10-,12-/m1/s1. The summed E-state index contributed by atoms with van der Waals surface area (Å²) in [7, 11) is 3.85. The van der Waals surface area contributed by atoms with E-state index in [1.54, 1.807) is 0 Å². The molecule has 0 bridgehead atoms. The second kappa shape index (κ2) is 4.79. The van der Waals surface area contributed by atoms with Crippen LogP contribution in [0.5, 0.6) is 0 Å². The molecular weight excluding hydrogens is 214 g/mol. The van der Waals surface area contributed by atoms with Gasteiger partial charge in [-0.05, 0) is 25.2 Å². The first-order chi connectivity index (χ1) is 8.11. The number of likely N-dealkylation sites (tertiary alicyclic amines) is 1. The molecule has 0 spiro atoms. The summed E-state index contributed by atoms with van der Waals surface area (Å²) < 4.78 is 0. The highest BCUT2D eigenvalue weighted by molar-refractivity contribution is 5.96. The quantitative estimate of drug-likeness (QED) is 0.507. The summed E-state index contributed by atoms with van der Waals surface area (Å²) in [5.41, 5.74) is 0.874. The van der Waals surface area contributed by atoms with Crippen molar-refractivity contribution in [2.45, 2.75) is 31.7 Å². The van der Waals surface area contributed by atoms with Crippen molar-refractivity contribution in [3.8, 4) is 6.19 Å². The van der Waals surface area contributed by atoms with Gasteiger partial charge in [0.2, 0.25) is 0 Å². The number of fused-ring (bicyclic) bond motifs is 1. The second-order valence-corrected chi connectivity index (χ2v) is 5.21. The average molecular weight is 233 g/mol. The van der Waals surface area contributed by atoms with Gasteiger partial charge < -0.3 is 9.80 Å². The first-order valence-corrected chi connectivity index (χ1v) is 6.18. The Balaban J connectivity index is 2.18. The first-order valence-electron chi connectivity index (χ1n) is 6.18. The Morgan fingerprint density at radius 2 is 2.24 bits per heavy atom. The van der Waals surface area contributed by atoms with E-state index in [0.717, 1.165) is 31.4 Å². The van der Waals surface area contributed by atoms with Crippen LogP contribution in [-0.2, 0) is 4.79 Å². The third-order valence-corrected chi connectivity index (χ3v) is 3.70. The zero-order valence-corrected chi connectivity index (χ0v) is 10.5. The van der Waals surface area contributed by atoms with Gasteiger partial charge in [0.15, 0.2) is 12.0 Å². The average Bonchev–Trinajstić information content (AvgIpc) is 2.28. The molecule has 92 valence electrons. The fourth-order valence-electron chi connectivity index (χ4n) is 2.92. The van der Waals surface area contributed by atoms with Crippen LogP contribution in [0.3, 0.4) is 0 Å². The molecule has 2 aliphatic rings. The monoisotopic (exact) mass is 233 g/mol. The lowest BCUT2D eigenvalue weighted by atomic mass is 9.76. The van der Waals surface area contributed by atoms with Crippen LogP contribution in [0.1, 0.15) is 25.7 Å². The Kier molecular flexibility index (Phi) is 3.37. The first kappa shape index (κ1) is 12.0. The number of ketones is 1. The number of nitrogens with zero attached hydrogens (tertiary/aromatic N) is 3. The maximum absolute atomic E-state index is 12.0. The summed E-state index contributed by atoms with van der Waals surface area (Å²) in [6, 6.07) is 0.248. The maximum atomic E-state index is 12.0. The fraction of sp³-hybridized carbons (Fsp3) is 0.692. The van der Waals surface area contributed by atoms with E-state index in [-0.39, 0.29) is 11.8 Å². The SMILES string of the molecule is CN(C)C=C1C[C@@H]2[C@H](CCCN2C#N)CC1=O.